The number of imide groups is 1. The number of nitrogens with one attached hydrogen (secondary N) is 1. The van der Waals surface area contributed by atoms with Crippen LogP contribution in [-0.4, -0.2) is 37.3 Å². The van der Waals surface area contributed by atoms with Crippen LogP contribution in [0.2, 0.25) is 0 Å². The van der Waals surface area contributed by atoms with Crippen molar-refractivity contribution in [3.8, 4) is 0 Å². The minimum Gasteiger partial charge on any atom is -0.272 e. The van der Waals surface area contributed by atoms with Gasteiger partial charge in [-0.3, -0.25) is 29.9 Å². The molecular weight excluding hydrogens is 474 g/mol. The van der Waals surface area contributed by atoms with E-state index in [0.29, 0.717) is 0 Å². The molecule has 1 N–H and O–H groups in total. The van der Waals surface area contributed by atoms with Gasteiger partial charge in [0.05, 0.1) is 16.8 Å². The lowest BCUT2D eigenvalue weighted by atomic mass is 9.81. The molecule has 4 rings (SSSR count). The fourth-order valence-electron chi connectivity index (χ4n) is 4.39. The van der Waals surface area contributed by atoms with Crippen LogP contribution < -0.4 is 5.43 Å². The van der Waals surface area contributed by atoms with Crippen LogP contribution in [0.4, 0.5) is 5.69 Å². The van der Waals surface area contributed by atoms with E-state index >= 15 is 0 Å². The molecule has 2 bridgehead atoms. The Balaban J connectivity index is 1.56. The van der Waals surface area contributed by atoms with Gasteiger partial charge in [-0.2, -0.15) is 5.01 Å². The smallest absolute Gasteiger partial charge is 0.270 e. The Kier molecular flexibility index (Phi) is 4.14. The molecule has 2 aliphatic carbocycles. The summed E-state index contributed by atoms with van der Waals surface area (Å²) in [5.74, 6) is -2.32. The number of nitrogens with zero attached hydrogens (tertiary/aromatic N) is 2. The van der Waals surface area contributed by atoms with Crippen LogP contribution in [0.5, 0.6) is 0 Å². The summed E-state index contributed by atoms with van der Waals surface area (Å²) in [4.78, 5) is 48.3. The highest BCUT2D eigenvalue weighted by atomic mass is 79.9. The number of amides is 3. The monoisotopic (exact) mass is 485 g/mol. The third-order valence-electron chi connectivity index (χ3n) is 5.52. The summed E-state index contributed by atoms with van der Waals surface area (Å²) in [6.45, 7) is 0. The zero-order valence-electron chi connectivity index (χ0n) is 13.2. The highest BCUT2D eigenvalue weighted by molar-refractivity contribution is 9.12. The summed E-state index contributed by atoms with van der Waals surface area (Å²) in [6, 6.07) is 5.13. The number of carbonyl (C=O) groups excluding carboxylic acids is 3. The Morgan fingerprint density at radius 2 is 1.73 bits per heavy atom. The van der Waals surface area contributed by atoms with Gasteiger partial charge in [-0.1, -0.05) is 37.9 Å². The third-order valence-corrected chi connectivity index (χ3v) is 8.73. The number of hydrogen-bond donors (Lipinski definition) is 1. The number of nitro benzene ring substituents is 1. The third kappa shape index (κ3) is 2.42. The second-order valence-corrected chi connectivity index (χ2v) is 8.88. The van der Waals surface area contributed by atoms with Crippen molar-refractivity contribution >= 4 is 55.3 Å². The topological polar surface area (TPSA) is 110 Å². The van der Waals surface area contributed by atoms with Gasteiger partial charge in [-0.05, 0) is 24.3 Å². The molecule has 10 heteroatoms. The fraction of sp³-hybridized carbons (Fsp3) is 0.438. The second-order valence-electron chi connectivity index (χ2n) is 6.76. The Bertz CT molecular complexity index is 815. The van der Waals surface area contributed by atoms with E-state index in [1.165, 1.54) is 18.2 Å². The van der Waals surface area contributed by atoms with Gasteiger partial charge in [-0.25, -0.2) is 0 Å². The molecule has 1 aromatic rings. The van der Waals surface area contributed by atoms with Crippen molar-refractivity contribution in [2.24, 2.45) is 23.7 Å². The van der Waals surface area contributed by atoms with E-state index in [2.05, 4.69) is 37.3 Å². The van der Waals surface area contributed by atoms with Gasteiger partial charge in [0.2, 0.25) is 0 Å². The predicted molar refractivity (Wildman–Crippen MR) is 96.4 cm³/mol. The van der Waals surface area contributed by atoms with Crippen molar-refractivity contribution in [1.29, 1.82) is 0 Å². The first-order valence-corrected chi connectivity index (χ1v) is 9.85. The van der Waals surface area contributed by atoms with Crippen LogP contribution in [-0.2, 0) is 9.59 Å². The summed E-state index contributed by atoms with van der Waals surface area (Å²) >= 11 is 7.19. The molecule has 136 valence electrons. The molecule has 0 spiro atoms. The first-order valence-electron chi connectivity index (χ1n) is 8.02. The van der Waals surface area contributed by atoms with Crippen molar-refractivity contribution in [3.05, 3.63) is 39.9 Å². The van der Waals surface area contributed by atoms with Crippen LogP contribution in [0, 0.1) is 33.8 Å². The minimum absolute atomic E-state index is 0.0107. The van der Waals surface area contributed by atoms with Gasteiger partial charge in [-0.15, -0.1) is 0 Å². The second kappa shape index (κ2) is 6.12. The number of hydrogen-bond acceptors (Lipinski definition) is 5. The van der Waals surface area contributed by atoms with Crippen LogP contribution in [0.25, 0.3) is 0 Å². The maximum atomic E-state index is 12.7. The molecule has 1 heterocycles. The first kappa shape index (κ1) is 17.6. The molecule has 1 saturated heterocycles. The van der Waals surface area contributed by atoms with Crippen LogP contribution in [0.15, 0.2) is 24.3 Å². The molecule has 3 amide bonds. The highest BCUT2D eigenvalue weighted by Crippen LogP contribution is 2.59. The van der Waals surface area contributed by atoms with Gasteiger partial charge >= 0.3 is 0 Å². The van der Waals surface area contributed by atoms with E-state index < -0.39 is 34.5 Å². The molecule has 26 heavy (non-hydrogen) atoms. The molecule has 3 fully saturated rings. The van der Waals surface area contributed by atoms with Crippen molar-refractivity contribution < 1.29 is 19.3 Å². The van der Waals surface area contributed by atoms with E-state index in [0.717, 1.165) is 17.5 Å². The quantitative estimate of drug-likeness (QED) is 0.304. The van der Waals surface area contributed by atoms with Gasteiger partial charge in [0.15, 0.2) is 0 Å². The zero-order valence-corrected chi connectivity index (χ0v) is 16.3. The van der Waals surface area contributed by atoms with Crippen molar-refractivity contribution in [1.82, 2.24) is 10.4 Å². The Morgan fingerprint density at radius 1 is 1.15 bits per heavy atom. The molecular formula is C16H13Br2N3O5. The number of non-ortho nitro benzene ring substituents is 1. The van der Waals surface area contributed by atoms with Crippen LogP contribution in [0.3, 0.4) is 0 Å². The van der Waals surface area contributed by atoms with Crippen LogP contribution in [0.1, 0.15) is 16.8 Å². The summed E-state index contributed by atoms with van der Waals surface area (Å²) < 4.78 is 0. The maximum absolute atomic E-state index is 12.7. The maximum Gasteiger partial charge on any atom is 0.270 e. The van der Waals surface area contributed by atoms with E-state index in [1.807, 2.05) is 0 Å². The van der Waals surface area contributed by atoms with Gasteiger partial charge in [0.1, 0.15) is 0 Å². The zero-order chi connectivity index (χ0) is 18.7. The van der Waals surface area contributed by atoms with E-state index in [-0.39, 0.29) is 32.7 Å². The van der Waals surface area contributed by atoms with E-state index in [4.69, 9.17) is 0 Å². The number of fused-ring (bicyclic) bond motifs is 5. The molecule has 1 aliphatic heterocycles. The molecule has 1 aromatic carbocycles. The molecule has 0 radical (unpaired) electrons. The van der Waals surface area contributed by atoms with Gasteiger partial charge < -0.3 is 0 Å². The first-order chi connectivity index (χ1) is 12.3. The summed E-state index contributed by atoms with van der Waals surface area (Å²) in [6.07, 6.45) is 0.797. The van der Waals surface area contributed by atoms with Gasteiger partial charge in [0.25, 0.3) is 23.4 Å². The number of nitro groups is 1. The average molecular weight is 487 g/mol. The number of rotatable bonds is 3. The molecule has 2 saturated carbocycles. The number of benzene rings is 1. The SMILES string of the molecule is O=C(NN1C(=O)[C@@H]2[C@H]3C[C@@H]([C@@H](Br)[C@H]3Br)[C@H]2C1=O)c1cccc([N+](=O)[O-])c1. The van der Waals surface area contributed by atoms with Gasteiger partial charge in [0, 0.05) is 27.4 Å². The predicted octanol–water partition coefficient (Wildman–Crippen LogP) is 2.02. The summed E-state index contributed by atoms with van der Waals surface area (Å²) in [7, 11) is 0. The van der Waals surface area contributed by atoms with E-state index in [9.17, 15) is 24.5 Å². The number of halogens is 2. The molecule has 3 aliphatic rings. The van der Waals surface area contributed by atoms with Crippen molar-refractivity contribution in [2.75, 3.05) is 0 Å². The molecule has 0 aromatic heterocycles. The molecule has 6 atom stereocenters. The standard InChI is InChI=1S/C16H13Br2N3O5/c17-12-8-5-9(13(12)18)11-10(8)15(23)20(16(11)24)19-14(22)6-2-1-3-7(4-6)21(25)26/h1-4,8-13H,5H2,(H,19,22)/t8-,9-,10-,11-,12-,13+/m1/s1. The average Bonchev–Trinajstić information content (AvgIpc) is 3.22. The number of carbonyl (C=O) groups is 3. The minimum atomic E-state index is -0.728. The largest absolute Gasteiger partial charge is 0.272 e. The van der Waals surface area contributed by atoms with E-state index in [1.54, 1.807) is 0 Å². The number of alkyl halides is 2. The Hall–Kier alpha value is -1.81. The normalized spacial score (nSPS) is 34.9. The highest BCUT2D eigenvalue weighted by Gasteiger charge is 2.66. The Labute approximate surface area is 164 Å². The fourth-order valence-corrected chi connectivity index (χ4v) is 6.26. The lowest BCUT2D eigenvalue weighted by Crippen LogP contribution is -2.47. The molecule has 0 unspecified atom stereocenters. The Morgan fingerprint density at radius 3 is 2.27 bits per heavy atom. The lowest BCUT2D eigenvalue weighted by molar-refractivity contribution is -0.384. The lowest BCUT2D eigenvalue weighted by Gasteiger charge is -2.28. The van der Waals surface area contributed by atoms with Crippen molar-refractivity contribution in [2.45, 2.75) is 16.1 Å². The number of hydrazine groups is 1. The van der Waals surface area contributed by atoms with Crippen LogP contribution >= 0.6 is 31.9 Å². The summed E-state index contributed by atoms with van der Waals surface area (Å²) in [5.41, 5.74) is 2.10. The van der Waals surface area contributed by atoms with Crippen molar-refractivity contribution in [3.63, 3.8) is 0 Å². The molecule has 8 nitrogen and oxygen atoms in total. The summed E-state index contributed by atoms with van der Waals surface area (Å²) in [5, 5.41) is 11.6.